The largest absolute Gasteiger partial charge is 0.465 e. The second-order valence-corrected chi connectivity index (χ2v) is 8.19. The van der Waals surface area contributed by atoms with E-state index in [4.69, 9.17) is 4.84 Å². The van der Waals surface area contributed by atoms with Crippen LogP contribution in [0.2, 0.25) is 0 Å². The molecule has 0 aliphatic carbocycles. The summed E-state index contributed by atoms with van der Waals surface area (Å²) in [5.41, 5.74) is 1.77. The fourth-order valence-electron chi connectivity index (χ4n) is 4.63. The molecular weight excluding hydrogens is 318 g/mol. The van der Waals surface area contributed by atoms with Gasteiger partial charge in [0.15, 0.2) is 0 Å². The van der Waals surface area contributed by atoms with Gasteiger partial charge in [-0.05, 0) is 11.0 Å². The Hall–Kier alpha value is -2.08. The molecule has 1 spiro atoms. The minimum Gasteiger partial charge on any atom is -0.465 e. The number of amides is 1. The van der Waals surface area contributed by atoms with Gasteiger partial charge in [-0.3, -0.25) is 4.90 Å². The highest BCUT2D eigenvalue weighted by molar-refractivity contribution is 5.97. The molecule has 6 nitrogen and oxygen atoms in total. The molecule has 1 amide bonds. The monoisotopic (exact) mass is 345 g/mol. The number of nitrogens with zero attached hydrogens (tertiary/aromatic N) is 3. The predicted molar refractivity (Wildman–Crippen MR) is 96.6 cm³/mol. The maximum atomic E-state index is 11.7. The first kappa shape index (κ1) is 17.7. The number of oxime groups is 1. The van der Waals surface area contributed by atoms with Gasteiger partial charge in [-0.25, -0.2) is 4.79 Å². The number of carbonyl (C=O) groups is 1. The number of benzene rings is 1. The molecule has 6 heteroatoms. The lowest BCUT2D eigenvalue weighted by Gasteiger charge is -2.59. The Morgan fingerprint density at radius 2 is 2.00 bits per heavy atom. The summed E-state index contributed by atoms with van der Waals surface area (Å²) in [5.74, 6) is 0. The van der Waals surface area contributed by atoms with Crippen molar-refractivity contribution in [1.29, 1.82) is 0 Å². The summed E-state index contributed by atoms with van der Waals surface area (Å²) < 4.78 is 0. The number of carboxylic acid groups (broad SMARTS) is 1. The molecule has 0 radical (unpaired) electrons. The van der Waals surface area contributed by atoms with E-state index in [2.05, 4.69) is 43.0 Å². The predicted octanol–water partition coefficient (Wildman–Crippen LogP) is 2.90. The highest BCUT2D eigenvalue weighted by Gasteiger charge is 2.64. The van der Waals surface area contributed by atoms with Crippen LogP contribution in [-0.2, 0) is 11.4 Å². The average molecular weight is 345 g/mol. The third kappa shape index (κ3) is 3.11. The van der Waals surface area contributed by atoms with Gasteiger partial charge in [0.05, 0.1) is 17.2 Å². The lowest BCUT2D eigenvalue weighted by atomic mass is 9.60. The van der Waals surface area contributed by atoms with Crippen molar-refractivity contribution in [3.05, 3.63) is 35.9 Å². The van der Waals surface area contributed by atoms with Crippen molar-refractivity contribution in [2.45, 2.75) is 33.4 Å². The standard InChI is InChI=1S/C19H27N3O3/c1-18(2,3)16-19(13-22(16)17(23)24)12-21(11-15(19)20-25-4)10-14-8-6-5-7-9-14/h5-9,16H,10-13H2,1-4H3,(H,23,24). The lowest BCUT2D eigenvalue weighted by molar-refractivity contribution is -0.0703. The summed E-state index contributed by atoms with van der Waals surface area (Å²) >= 11 is 0. The first-order chi connectivity index (χ1) is 11.8. The van der Waals surface area contributed by atoms with E-state index in [9.17, 15) is 9.90 Å². The van der Waals surface area contributed by atoms with E-state index < -0.39 is 6.09 Å². The Morgan fingerprint density at radius 3 is 2.56 bits per heavy atom. The van der Waals surface area contributed by atoms with E-state index in [1.165, 1.54) is 5.56 Å². The number of hydrogen-bond acceptors (Lipinski definition) is 4. The summed E-state index contributed by atoms with van der Waals surface area (Å²) in [6, 6.07) is 10.2. The second-order valence-electron chi connectivity index (χ2n) is 8.19. The minimum absolute atomic E-state index is 0.104. The van der Waals surface area contributed by atoms with Gasteiger partial charge in [0.2, 0.25) is 0 Å². The van der Waals surface area contributed by atoms with Crippen LogP contribution in [0.15, 0.2) is 35.5 Å². The van der Waals surface area contributed by atoms with E-state index in [1.54, 1.807) is 12.0 Å². The molecule has 1 aromatic rings. The molecule has 0 bridgehead atoms. The zero-order chi connectivity index (χ0) is 18.2. The van der Waals surface area contributed by atoms with Gasteiger partial charge in [-0.15, -0.1) is 0 Å². The molecule has 1 aromatic carbocycles. The molecule has 1 N–H and O–H groups in total. The third-order valence-electron chi connectivity index (χ3n) is 5.26. The van der Waals surface area contributed by atoms with E-state index in [0.29, 0.717) is 13.1 Å². The van der Waals surface area contributed by atoms with Crippen LogP contribution in [0, 0.1) is 10.8 Å². The van der Waals surface area contributed by atoms with Crippen LogP contribution in [0.1, 0.15) is 26.3 Å². The highest BCUT2D eigenvalue weighted by atomic mass is 16.6. The Morgan fingerprint density at radius 1 is 1.32 bits per heavy atom. The van der Waals surface area contributed by atoms with Crippen LogP contribution in [0.4, 0.5) is 4.79 Å². The number of hydrogen-bond donors (Lipinski definition) is 1. The van der Waals surface area contributed by atoms with Gasteiger partial charge in [0, 0.05) is 26.2 Å². The first-order valence-corrected chi connectivity index (χ1v) is 8.64. The average Bonchev–Trinajstić information content (AvgIpc) is 2.84. The molecule has 0 aromatic heterocycles. The summed E-state index contributed by atoms with van der Waals surface area (Å²) in [4.78, 5) is 20.7. The van der Waals surface area contributed by atoms with Crippen LogP contribution in [0.5, 0.6) is 0 Å². The Bertz CT molecular complexity index is 668. The molecule has 25 heavy (non-hydrogen) atoms. The summed E-state index contributed by atoms with van der Waals surface area (Å²) in [6.45, 7) is 9.11. The zero-order valence-electron chi connectivity index (χ0n) is 15.4. The van der Waals surface area contributed by atoms with Crippen molar-refractivity contribution in [2.75, 3.05) is 26.7 Å². The van der Waals surface area contributed by atoms with Crippen molar-refractivity contribution in [3.8, 4) is 0 Å². The molecule has 2 atom stereocenters. The maximum Gasteiger partial charge on any atom is 0.407 e. The first-order valence-electron chi connectivity index (χ1n) is 8.64. The number of rotatable bonds is 3. The van der Waals surface area contributed by atoms with E-state index in [1.807, 2.05) is 18.2 Å². The van der Waals surface area contributed by atoms with Crippen LogP contribution in [0.25, 0.3) is 0 Å². The van der Waals surface area contributed by atoms with Gasteiger partial charge in [-0.2, -0.15) is 0 Å². The van der Waals surface area contributed by atoms with E-state index >= 15 is 0 Å². The molecule has 2 unspecified atom stereocenters. The highest BCUT2D eigenvalue weighted by Crippen LogP contribution is 2.51. The van der Waals surface area contributed by atoms with Crippen LogP contribution in [-0.4, -0.2) is 59.5 Å². The Balaban J connectivity index is 1.88. The fourth-order valence-corrected chi connectivity index (χ4v) is 4.63. The zero-order valence-corrected chi connectivity index (χ0v) is 15.4. The van der Waals surface area contributed by atoms with Gasteiger partial charge in [0.25, 0.3) is 0 Å². The topological polar surface area (TPSA) is 65.4 Å². The summed E-state index contributed by atoms with van der Waals surface area (Å²) in [5, 5.41) is 13.9. The van der Waals surface area contributed by atoms with Crippen molar-refractivity contribution in [3.63, 3.8) is 0 Å². The molecule has 2 fully saturated rings. The Labute approximate surface area is 149 Å². The molecular formula is C19H27N3O3. The van der Waals surface area contributed by atoms with Gasteiger partial charge >= 0.3 is 6.09 Å². The SMILES string of the molecule is CON=C1CN(Cc2ccccc2)CC12CN(C(=O)O)C2C(C)(C)C. The third-order valence-corrected chi connectivity index (χ3v) is 5.26. The van der Waals surface area contributed by atoms with Crippen molar-refractivity contribution in [1.82, 2.24) is 9.80 Å². The molecule has 2 saturated heterocycles. The molecule has 2 aliphatic heterocycles. The van der Waals surface area contributed by atoms with Gasteiger partial charge in [-0.1, -0.05) is 56.3 Å². The summed E-state index contributed by atoms with van der Waals surface area (Å²) in [6.07, 6.45) is -0.858. The summed E-state index contributed by atoms with van der Waals surface area (Å²) in [7, 11) is 1.56. The fraction of sp³-hybridized carbons (Fsp3) is 0.579. The second kappa shape index (κ2) is 6.33. The Kier molecular flexibility index (Phi) is 4.49. The molecule has 2 aliphatic rings. The number of likely N-dealkylation sites (tertiary alicyclic amines) is 2. The quantitative estimate of drug-likeness (QED) is 0.856. The van der Waals surface area contributed by atoms with E-state index in [-0.39, 0.29) is 16.9 Å². The van der Waals surface area contributed by atoms with Gasteiger partial charge < -0.3 is 14.8 Å². The van der Waals surface area contributed by atoms with Gasteiger partial charge in [0.1, 0.15) is 7.11 Å². The molecule has 2 heterocycles. The molecule has 3 rings (SSSR count). The van der Waals surface area contributed by atoms with Crippen LogP contribution in [0.3, 0.4) is 0 Å². The van der Waals surface area contributed by atoms with Crippen molar-refractivity contribution in [2.24, 2.45) is 16.0 Å². The molecule has 136 valence electrons. The van der Waals surface area contributed by atoms with Crippen molar-refractivity contribution >= 4 is 11.8 Å². The molecule has 0 saturated carbocycles. The van der Waals surface area contributed by atoms with Crippen LogP contribution < -0.4 is 0 Å². The maximum absolute atomic E-state index is 11.7. The normalized spacial score (nSPS) is 28.4. The van der Waals surface area contributed by atoms with Crippen molar-refractivity contribution < 1.29 is 14.7 Å². The minimum atomic E-state index is -0.858. The van der Waals surface area contributed by atoms with E-state index in [0.717, 1.165) is 18.8 Å². The van der Waals surface area contributed by atoms with Crippen LogP contribution >= 0.6 is 0 Å². The lowest BCUT2D eigenvalue weighted by Crippen LogP contribution is -2.73. The smallest absolute Gasteiger partial charge is 0.407 e.